The highest BCUT2D eigenvalue weighted by Gasteiger charge is 2.28. The Balaban J connectivity index is 1.70. The van der Waals surface area contributed by atoms with E-state index in [4.69, 9.17) is 16.3 Å². The summed E-state index contributed by atoms with van der Waals surface area (Å²) in [5.41, 5.74) is 1.86. The van der Waals surface area contributed by atoms with Gasteiger partial charge in [0.25, 0.3) is 0 Å². The Kier molecular flexibility index (Phi) is 6.50. The Morgan fingerprint density at radius 1 is 1.12 bits per heavy atom. The van der Waals surface area contributed by atoms with Crippen LogP contribution in [-0.4, -0.2) is 43.3 Å². The molecule has 1 heterocycles. The number of rotatable bonds is 5. The number of hydrogen-bond acceptors (Lipinski definition) is 3. The van der Waals surface area contributed by atoms with Gasteiger partial charge in [0.15, 0.2) is 0 Å². The predicted molar refractivity (Wildman–Crippen MR) is 105 cm³/mol. The Labute approximate surface area is 159 Å². The van der Waals surface area contributed by atoms with Crippen molar-refractivity contribution in [2.24, 2.45) is 0 Å². The van der Waals surface area contributed by atoms with Gasteiger partial charge in [0.1, 0.15) is 0 Å². The summed E-state index contributed by atoms with van der Waals surface area (Å²) in [6, 6.07) is 17.2. The SMILES string of the molecule is C[C@H](NC(=O)Nc1cccc(Cl)c1)[C@@H](c1ccccc1)N1CCOCC1. The van der Waals surface area contributed by atoms with Crippen LogP contribution in [0.3, 0.4) is 0 Å². The molecular formula is C20H24ClN3O2. The third-order valence-corrected chi connectivity index (χ3v) is 4.73. The summed E-state index contributed by atoms with van der Waals surface area (Å²) in [7, 11) is 0. The summed E-state index contributed by atoms with van der Waals surface area (Å²) in [6.45, 7) is 5.16. The van der Waals surface area contributed by atoms with E-state index < -0.39 is 0 Å². The molecule has 0 spiro atoms. The summed E-state index contributed by atoms with van der Waals surface area (Å²) in [5, 5.41) is 6.50. The summed E-state index contributed by atoms with van der Waals surface area (Å²) in [5.74, 6) is 0. The number of morpholine rings is 1. The molecule has 1 saturated heterocycles. The van der Waals surface area contributed by atoms with Crippen molar-refractivity contribution in [3.8, 4) is 0 Å². The lowest BCUT2D eigenvalue weighted by molar-refractivity contribution is 0.00974. The van der Waals surface area contributed by atoms with Gasteiger partial charge in [-0.3, -0.25) is 4.90 Å². The second kappa shape index (κ2) is 9.03. The van der Waals surface area contributed by atoms with Gasteiger partial charge in [0.05, 0.1) is 19.3 Å². The molecule has 0 aliphatic carbocycles. The zero-order valence-corrected chi connectivity index (χ0v) is 15.6. The van der Waals surface area contributed by atoms with Crippen molar-refractivity contribution < 1.29 is 9.53 Å². The molecule has 5 nitrogen and oxygen atoms in total. The molecule has 6 heteroatoms. The number of halogens is 1. The van der Waals surface area contributed by atoms with E-state index in [2.05, 4.69) is 27.7 Å². The van der Waals surface area contributed by atoms with Crippen molar-refractivity contribution in [2.75, 3.05) is 31.6 Å². The molecule has 0 bridgehead atoms. The first-order valence-electron chi connectivity index (χ1n) is 8.83. The second-order valence-corrected chi connectivity index (χ2v) is 6.84. The smallest absolute Gasteiger partial charge is 0.319 e. The lowest BCUT2D eigenvalue weighted by Gasteiger charge is -2.38. The molecule has 2 amide bonds. The standard InChI is InChI=1S/C20H24ClN3O2/c1-15(22-20(25)23-18-9-5-8-17(21)14-18)19(16-6-3-2-4-7-16)24-10-12-26-13-11-24/h2-9,14-15,19H,10-13H2,1H3,(H2,22,23,25)/t15-,19-/m0/s1. The van der Waals surface area contributed by atoms with Crippen LogP contribution in [0.1, 0.15) is 18.5 Å². The monoisotopic (exact) mass is 373 g/mol. The molecule has 2 atom stereocenters. The van der Waals surface area contributed by atoms with Gasteiger partial charge in [-0.25, -0.2) is 4.79 Å². The molecule has 0 unspecified atom stereocenters. The van der Waals surface area contributed by atoms with Crippen molar-refractivity contribution in [1.29, 1.82) is 0 Å². The number of hydrogen-bond donors (Lipinski definition) is 2. The number of carbonyl (C=O) groups excluding carboxylic acids is 1. The van der Waals surface area contributed by atoms with Crippen molar-refractivity contribution in [3.63, 3.8) is 0 Å². The quantitative estimate of drug-likeness (QED) is 0.835. The molecule has 0 saturated carbocycles. The molecular weight excluding hydrogens is 350 g/mol. The average Bonchev–Trinajstić information content (AvgIpc) is 2.63. The maximum atomic E-state index is 12.4. The molecule has 1 fully saturated rings. The van der Waals surface area contributed by atoms with Crippen LogP contribution in [0.15, 0.2) is 54.6 Å². The minimum atomic E-state index is -0.242. The van der Waals surface area contributed by atoms with Gasteiger partial charge in [0, 0.05) is 29.8 Å². The number of nitrogens with one attached hydrogen (secondary N) is 2. The number of benzene rings is 2. The molecule has 2 aromatic rings. The van der Waals surface area contributed by atoms with Gasteiger partial charge >= 0.3 is 6.03 Å². The third kappa shape index (κ3) is 4.97. The van der Waals surface area contributed by atoms with Crippen molar-refractivity contribution in [1.82, 2.24) is 10.2 Å². The first-order valence-corrected chi connectivity index (χ1v) is 9.21. The largest absolute Gasteiger partial charge is 0.379 e. The van der Waals surface area contributed by atoms with Crippen LogP contribution in [0.4, 0.5) is 10.5 Å². The van der Waals surface area contributed by atoms with E-state index in [9.17, 15) is 4.79 Å². The van der Waals surface area contributed by atoms with E-state index in [-0.39, 0.29) is 18.1 Å². The van der Waals surface area contributed by atoms with Crippen LogP contribution in [0, 0.1) is 0 Å². The third-order valence-electron chi connectivity index (χ3n) is 4.50. The van der Waals surface area contributed by atoms with Crippen LogP contribution in [0.25, 0.3) is 0 Å². The van der Waals surface area contributed by atoms with Crippen LogP contribution in [0.5, 0.6) is 0 Å². The zero-order valence-electron chi connectivity index (χ0n) is 14.8. The van der Waals surface area contributed by atoms with Gasteiger partial charge in [0.2, 0.25) is 0 Å². The molecule has 1 aliphatic heterocycles. The van der Waals surface area contributed by atoms with Crippen LogP contribution >= 0.6 is 11.6 Å². The first kappa shape index (κ1) is 18.7. The van der Waals surface area contributed by atoms with Crippen molar-refractivity contribution >= 4 is 23.3 Å². The molecule has 2 N–H and O–H groups in total. The number of carbonyl (C=O) groups is 1. The number of amides is 2. The maximum absolute atomic E-state index is 12.4. The van der Waals surface area contributed by atoms with Gasteiger partial charge in [-0.05, 0) is 30.7 Å². The molecule has 138 valence electrons. The minimum Gasteiger partial charge on any atom is -0.379 e. The molecule has 0 radical (unpaired) electrons. The topological polar surface area (TPSA) is 53.6 Å². The lowest BCUT2D eigenvalue weighted by atomic mass is 9.98. The Morgan fingerprint density at radius 3 is 2.54 bits per heavy atom. The molecule has 0 aromatic heterocycles. The van der Waals surface area contributed by atoms with E-state index in [0.29, 0.717) is 23.9 Å². The Bertz CT molecular complexity index is 720. The maximum Gasteiger partial charge on any atom is 0.319 e. The van der Waals surface area contributed by atoms with E-state index >= 15 is 0 Å². The van der Waals surface area contributed by atoms with Crippen molar-refractivity contribution in [2.45, 2.75) is 19.0 Å². The fourth-order valence-electron chi connectivity index (χ4n) is 3.34. The lowest BCUT2D eigenvalue weighted by Crippen LogP contribution is -2.49. The highest BCUT2D eigenvalue weighted by atomic mass is 35.5. The van der Waals surface area contributed by atoms with Gasteiger partial charge in [-0.1, -0.05) is 48.0 Å². The van der Waals surface area contributed by atoms with E-state index in [0.717, 1.165) is 13.1 Å². The molecule has 2 aromatic carbocycles. The average molecular weight is 374 g/mol. The number of anilines is 1. The Hall–Kier alpha value is -2.08. The van der Waals surface area contributed by atoms with Crippen LogP contribution in [0.2, 0.25) is 5.02 Å². The van der Waals surface area contributed by atoms with E-state index in [1.807, 2.05) is 37.3 Å². The van der Waals surface area contributed by atoms with Crippen LogP contribution in [-0.2, 0) is 4.74 Å². The van der Waals surface area contributed by atoms with E-state index in [1.165, 1.54) is 5.56 Å². The first-order chi connectivity index (χ1) is 12.6. The number of ether oxygens (including phenoxy) is 1. The molecule has 26 heavy (non-hydrogen) atoms. The van der Waals surface area contributed by atoms with Crippen LogP contribution < -0.4 is 10.6 Å². The number of nitrogens with zero attached hydrogens (tertiary/aromatic N) is 1. The highest BCUT2D eigenvalue weighted by molar-refractivity contribution is 6.30. The summed E-state index contributed by atoms with van der Waals surface area (Å²) in [4.78, 5) is 14.8. The summed E-state index contributed by atoms with van der Waals surface area (Å²) >= 11 is 5.98. The van der Waals surface area contributed by atoms with Gasteiger partial charge in [-0.15, -0.1) is 0 Å². The second-order valence-electron chi connectivity index (χ2n) is 6.40. The minimum absolute atomic E-state index is 0.0744. The number of urea groups is 1. The van der Waals surface area contributed by atoms with Crippen molar-refractivity contribution in [3.05, 3.63) is 65.2 Å². The molecule has 3 rings (SSSR count). The predicted octanol–water partition coefficient (Wildman–Crippen LogP) is 3.92. The normalized spacial score (nSPS) is 17.3. The van der Waals surface area contributed by atoms with Gasteiger partial charge in [-0.2, -0.15) is 0 Å². The fourth-order valence-corrected chi connectivity index (χ4v) is 3.53. The Morgan fingerprint density at radius 2 is 1.85 bits per heavy atom. The summed E-state index contributed by atoms with van der Waals surface area (Å²) < 4.78 is 5.48. The zero-order chi connectivity index (χ0) is 18.4. The highest BCUT2D eigenvalue weighted by Crippen LogP contribution is 2.25. The fraction of sp³-hybridized carbons (Fsp3) is 0.350. The van der Waals surface area contributed by atoms with E-state index in [1.54, 1.807) is 12.1 Å². The molecule has 1 aliphatic rings. The van der Waals surface area contributed by atoms with Gasteiger partial charge < -0.3 is 15.4 Å². The summed E-state index contributed by atoms with van der Waals surface area (Å²) in [6.07, 6.45) is 0.